The van der Waals surface area contributed by atoms with Gasteiger partial charge in [0.2, 0.25) is 0 Å². The fourth-order valence-corrected chi connectivity index (χ4v) is 3.10. The van der Waals surface area contributed by atoms with Crippen LogP contribution in [0, 0.1) is 6.92 Å². The molecule has 6 nitrogen and oxygen atoms in total. The van der Waals surface area contributed by atoms with Crippen molar-refractivity contribution in [3.05, 3.63) is 34.4 Å². The number of pyridine rings is 1. The van der Waals surface area contributed by atoms with E-state index in [2.05, 4.69) is 4.98 Å². The van der Waals surface area contributed by atoms with Crippen LogP contribution in [0.25, 0.3) is 10.9 Å². The highest BCUT2D eigenvalue weighted by Crippen LogP contribution is 2.26. The molecule has 0 bridgehead atoms. The molecule has 6 heteroatoms. The molecule has 1 saturated heterocycles. The van der Waals surface area contributed by atoms with Crippen LogP contribution in [0.15, 0.2) is 23.1 Å². The van der Waals surface area contributed by atoms with E-state index in [9.17, 15) is 9.59 Å². The van der Waals surface area contributed by atoms with E-state index in [1.54, 1.807) is 4.90 Å². The van der Waals surface area contributed by atoms with Crippen LogP contribution in [0.3, 0.4) is 0 Å². The number of likely N-dealkylation sites (tertiary alicyclic amines) is 1. The number of aromatic amines is 1. The molecule has 0 aromatic carbocycles. The van der Waals surface area contributed by atoms with E-state index in [-0.39, 0.29) is 17.7 Å². The molecule has 0 aliphatic carbocycles. The summed E-state index contributed by atoms with van der Waals surface area (Å²) in [7, 11) is 0. The number of fused-ring (bicyclic) bond motifs is 1. The lowest BCUT2D eigenvalue weighted by molar-refractivity contribution is 0.0289. The molecule has 1 amide bonds. The molecule has 1 fully saturated rings. The van der Waals surface area contributed by atoms with E-state index in [0.29, 0.717) is 18.6 Å². The second-order valence-corrected chi connectivity index (χ2v) is 7.18. The lowest BCUT2D eigenvalue weighted by atomic mass is 10.2. The highest BCUT2D eigenvalue weighted by Gasteiger charge is 2.31. The Balaban J connectivity index is 1.83. The SMILES string of the molecule is Cc1cc2ccn(C3CCN(C(=O)OC(C)(C)C)C3)c2c(=O)[nH]1. The van der Waals surface area contributed by atoms with Crippen molar-refractivity contribution in [2.24, 2.45) is 0 Å². The smallest absolute Gasteiger partial charge is 0.410 e. The van der Waals surface area contributed by atoms with Gasteiger partial charge in [0.1, 0.15) is 11.1 Å². The van der Waals surface area contributed by atoms with Crippen molar-refractivity contribution in [3.8, 4) is 0 Å². The third-order valence-electron chi connectivity index (χ3n) is 4.05. The molecule has 2 aromatic heterocycles. The average molecular weight is 317 g/mol. The number of carbonyl (C=O) groups is 1. The summed E-state index contributed by atoms with van der Waals surface area (Å²) in [6, 6.07) is 4.02. The van der Waals surface area contributed by atoms with Gasteiger partial charge in [-0.1, -0.05) is 0 Å². The molecule has 0 radical (unpaired) electrons. The normalized spacial score (nSPS) is 18.6. The molecule has 1 aliphatic heterocycles. The fraction of sp³-hybridized carbons (Fsp3) is 0.529. The number of rotatable bonds is 1. The van der Waals surface area contributed by atoms with Gasteiger partial charge in [-0.15, -0.1) is 0 Å². The molecule has 2 aromatic rings. The predicted octanol–water partition coefficient (Wildman–Crippen LogP) is 2.82. The molecule has 1 atom stereocenters. The summed E-state index contributed by atoms with van der Waals surface area (Å²) in [6.45, 7) is 8.66. The monoisotopic (exact) mass is 317 g/mol. The van der Waals surface area contributed by atoms with E-state index in [1.807, 2.05) is 50.6 Å². The zero-order valence-electron chi connectivity index (χ0n) is 14.0. The minimum atomic E-state index is -0.496. The van der Waals surface area contributed by atoms with Crippen molar-refractivity contribution < 1.29 is 9.53 Å². The van der Waals surface area contributed by atoms with Gasteiger partial charge in [0.15, 0.2) is 0 Å². The number of carbonyl (C=O) groups excluding carboxylic acids is 1. The van der Waals surface area contributed by atoms with E-state index < -0.39 is 5.60 Å². The second-order valence-electron chi connectivity index (χ2n) is 7.18. The van der Waals surface area contributed by atoms with Crippen LogP contribution in [0.4, 0.5) is 4.79 Å². The minimum Gasteiger partial charge on any atom is -0.444 e. The Bertz CT molecular complexity index is 797. The largest absolute Gasteiger partial charge is 0.444 e. The van der Waals surface area contributed by atoms with Crippen LogP contribution in [-0.4, -0.2) is 39.2 Å². The summed E-state index contributed by atoms with van der Waals surface area (Å²) in [4.78, 5) is 29.0. The topological polar surface area (TPSA) is 67.3 Å². The van der Waals surface area contributed by atoms with Crippen molar-refractivity contribution >= 4 is 17.0 Å². The molecular formula is C17H23N3O3. The lowest BCUT2D eigenvalue weighted by Gasteiger charge is -2.24. The number of nitrogens with zero attached hydrogens (tertiary/aromatic N) is 2. The molecule has 1 unspecified atom stereocenters. The summed E-state index contributed by atoms with van der Waals surface area (Å²) in [5.41, 5.74) is 0.943. The third kappa shape index (κ3) is 3.11. The second kappa shape index (κ2) is 5.44. The van der Waals surface area contributed by atoms with Crippen LogP contribution in [-0.2, 0) is 4.74 Å². The minimum absolute atomic E-state index is 0.0827. The van der Waals surface area contributed by atoms with Crippen molar-refractivity contribution in [1.82, 2.24) is 14.5 Å². The van der Waals surface area contributed by atoms with Gasteiger partial charge < -0.3 is 19.2 Å². The van der Waals surface area contributed by atoms with Crippen LogP contribution in [0.5, 0.6) is 0 Å². The molecular weight excluding hydrogens is 294 g/mol. The van der Waals surface area contributed by atoms with Gasteiger partial charge in [-0.2, -0.15) is 0 Å². The average Bonchev–Trinajstić information content (AvgIpc) is 3.01. The maximum atomic E-state index is 12.3. The Hall–Kier alpha value is -2.24. The van der Waals surface area contributed by atoms with Crippen LogP contribution < -0.4 is 5.56 Å². The number of aromatic nitrogens is 2. The molecule has 0 spiro atoms. The first-order valence-electron chi connectivity index (χ1n) is 7.93. The molecule has 3 heterocycles. The van der Waals surface area contributed by atoms with Gasteiger partial charge in [0.05, 0.1) is 6.04 Å². The van der Waals surface area contributed by atoms with Crippen molar-refractivity contribution in [3.63, 3.8) is 0 Å². The number of hydrogen-bond acceptors (Lipinski definition) is 3. The number of ether oxygens (including phenoxy) is 1. The van der Waals surface area contributed by atoms with Crippen molar-refractivity contribution in [2.45, 2.75) is 45.8 Å². The van der Waals surface area contributed by atoms with Gasteiger partial charge in [-0.3, -0.25) is 4.79 Å². The first-order valence-corrected chi connectivity index (χ1v) is 7.93. The first-order chi connectivity index (χ1) is 10.7. The predicted molar refractivity (Wildman–Crippen MR) is 88.8 cm³/mol. The van der Waals surface area contributed by atoms with E-state index in [1.165, 1.54) is 0 Å². The Kier molecular flexibility index (Phi) is 3.70. The van der Waals surface area contributed by atoms with Crippen LogP contribution in [0.1, 0.15) is 38.9 Å². The number of H-pyrrole nitrogens is 1. The summed E-state index contributed by atoms with van der Waals surface area (Å²) >= 11 is 0. The highest BCUT2D eigenvalue weighted by molar-refractivity contribution is 5.79. The summed E-state index contributed by atoms with van der Waals surface area (Å²) < 4.78 is 7.41. The van der Waals surface area contributed by atoms with Crippen molar-refractivity contribution in [1.29, 1.82) is 0 Å². The third-order valence-corrected chi connectivity index (χ3v) is 4.05. The fourth-order valence-electron chi connectivity index (χ4n) is 3.10. The number of nitrogens with one attached hydrogen (secondary N) is 1. The van der Waals surface area contributed by atoms with Crippen LogP contribution >= 0.6 is 0 Å². The molecule has 23 heavy (non-hydrogen) atoms. The summed E-state index contributed by atoms with van der Waals surface area (Å²) in [5, 5.41) is 0.932. The quantitative estimate of drug-likeness (QED) is 0.879. The van der Waals surface area contributed by atoms with E-state index in [0.717, 1.165) is 17.5 Å². The van der Waals surface area contributed by atoms with Gasteiger partial charge in [0, 0.05) is 30.4 Å². The molecule has 0 saturated carbocycles. The molecule has 124 valence electrons. The van der Waals surface area contributed by atoms with E-state index >= 15 is 0 Å². The molecule has 1 N–H and O–H groups in total. The number of aryl methyl sites for hydroxylation is 1. The van der Waals surface area contributed by atoms with Gasteiger partial charge in [-0.25, -0.2) is 4.79 Å². The van der Waals surface area contributed by atoms with Crippen molar-refractivity contribution in [2.75, 3.05) is 13.1 Å². The van der Waals surface area contributed by atoms with E-state index in [4.69, 9.17) is 4.74 Å². The first kappa shape index (κ1) is 15.6. The van der Waals surface area contributed by atoms with Gasteiger partial charge in [-0.05, 0) is 46.2 Å². The maximum absolute atomic E-state index is 12.3. The maximum Gasteiger partial charge on any atom is 0.410 e. The Labute approximate surface area is 135 Å². The number of amides is 1. The highest BCUT2D eigenvalue weighted by atomic mass is 16.6. The molecule has 3 rings (SSSR count). The zero-order chi connectivity index (χ0) is 16.8. The summed E-state index contributed by atoms with van der Waals surface area (Å²) in [6.07, 6.45) is 2.46. The zero-order valence-corrected chi connectivity index (χ0v) is 14.0. The number of hydrogen-bond donors (Lipinski definition) is 1. The Morgan fingerprint density at radius 2 is 2.13 bits per heavy atom. The Morgan fingerprint density at radius 3 is 2.83 bits per heavy atom. The van der Waals surface area contributed by atoms with Gasteiger partial charge in [0.25, 0.3) is 5.56 Å². The van der Waals surface area contributed by atoms with Gasteiger partial charge >= 0.3 is 6.09 Å². The summed E-state index contributed by atoms with van der Waals surface area (Å²) in [5.74, 6) is 0. The van der Waals surface area contributed by atoms with Crippen LogP contribution in [0.2, 0.25) is 0 Å². The molecule has 1 aliphatic rings. The standard InChI is InChI=1S/C17H23N3O3/c1-11-9-12-5-8-20(14(12)15(21)18-11)13-6-7-19(10-13)16(22)23-17(2,3)4/h5,8-9,13H,6-7,10H2,1-4H3,(H,18,21). The lowest BCUT2D eigenvalue weighted by Crippen LogP contribution is -2.35. The Morgan fingerprint density at radius 1 is 1.39 bits per heavy atom.